The van der Waals surface area contributed by atoms with Gasteiger partial charge in [-0.3, -0.25) is 9.10 Å². The van der Waals surface area contributed by atoms with E-state index >= 15 is 0 Å². The number of anilines is 1. The van der Waals surface area contributed by atoms with Gasteiger partial charge in [-0.1, -0.05) is 12.1 Å². The van der Waals surface area contributed by atoms with E-state index in [0.29, 0.717) is 11.3 Å². The van der Waals surface area contributed by atoms with Gasteiger partial charge in [-0.2, -0.15) is 0 Å². The standard InChI is InChI=1S/C12H16N2O3S/c1-14(18(2,16)17)11-6-4-3-5-10(11)12(15)13-9-7-8-9/h3-6,9H,7-8H2,1-2H3,(H,13,15). The molecule has 18 heavy (non-hydrogen) atoms. The van der Waals surface area contributed by atoms with Gasteiger partial charge in [-0.25, -0.2) is 8.42 Å². The van der Waals surface area contributed by atoms with Crippen molar-refractivity contribution in [2.75, 3.05) is 17.6 Å². The van der Waals surface area contributed by atoms with Crippen molar-refractivity contribution in [2.45, 2.75) is 18.9 Å². The SMILES string of the molecule is CN(c1ccccc1C(=O)NC1CC1)S(C)(=O)=O. The van der Waals surface area contributed by atoms with Crippen LogP contribution in [0.1, 0.15) is 23.2 Å². The van der Waals surface area contributed by atoms with Crippen molar-refractivity contribution < 1.29 is 13.2 Å². The number of nitrogens with zero attached hydrogens (tertiary/aromatic N) is 1. The number of para-hydroxylation sites is 1. The molecular weight excluding hydrogens is 252 g/mol. The Morgan fingerprint density at radius 3 is 2.50 bits per heavy atom. The van der Waals surface area contributed by atoms with Crippen LogP contribution in [0.15, 0.2) is 24.3 Å². The molecule has 1 saturated carbocycles. The van der Waals surface area contributed by atoms with E-state index in [4.69, 9.17) is 0 Å². The summed E-state index contributed by atoms with van der Waals surface area (Å²) >= 11 is 0. The zero-order chi connectivity index (χ0) is 13.3. The van der Waals surface area contributed by atoms with Gasteiger partial charge in [0.25, 0.3) is 5.91 Å². The second-order valence-corrected chi connectivity index (χ2v) is 6.51. The minimum Gasteiger partial charge on any atom is -0.349 e. The number of carbonyl (C=O) groups is 1. The lowest BCUT2D eigenvalue weighted by atomic mass is 10.1. The van der Waals surface area contributed by atoms with E-state index in [0.717, 1.165) is 23.4 Å². The normalized spacial score (nSPS) is 15.2. The van der Waals surface area contributed by atoms with Gasteiger partial charge in [0.1, 0.15) is 0 Å². The summed E-state index contributed by atoms with van der Waals surface area (Å²) in [5.41, 5.74) is 0.787. The van der Waals surface area contributed by atoms with Gasteiger partial charge >= 0.3 is 0 Å². The maximum absolute atomic E-state index is 12.0. The molecule has 0 bridgehead atoms. The fourth-order valence-electron chi connectivity index (χ4n) is 1.61. The lowest BCUT2D eigenvalue weighted by molar-refractivity contribution is 0.0952. The number of benzene rings is 1. The third kappa shape index (κ3) is 2.81. The van der Waals surface area contributed by atoms with Gasteiger partial charge in [0.15, 0.2) is 0 Å². The molecule has 1 aromatic rings. The molecule has 1 amide bonds. The lowest BCUT2D eigenvalue weighted by Gasteiger charge is -2.19. The van der Waals surface area contributed by atoms with Gasteiger partial charge in [0, 0.05) is 13.1 Å². The van der Waals surface area contributed by atoms with Crippen molar-refractivity contribution in [3.8, 4) is 0 Å². The summed E-state index contributed by atoms with van der Waals surface area (Å²) in [6.45, 7) is 0. The molecule has 5 nitrogen and oxygen atoms in total. The smallest absolute Gasteiger partial charge is 0.253 e. The van der Waals surface area contributed by atoms with Gasteiger partial charge in [-0.05, 0) is 25.0 Å². The summed E-state index contributed by atoms with van der Waals surface area (Å²) in [6.07, 6.45) is 3.11. The molecule has 0 spiro atoms. The van der Waals surface area contributed by atoms with Crippen LogP contribution >= 0.6 is 0 Å². The molecule has 2 rings (SSSR count). The molecule has 1 aliphatic rings. The fraction of sp³-hybridized carbons (Fsp3) is 0.417. The first-order valence-electron chi connectivity index (χ1n) is 5.73. The Kier molecular flexibility index (Phi) is 3.30. The minimum absolute atomic E-state index is 0.219. The van der Waals surface area contributed by atoms with Gasteiger partial charge in [0.05, 0.1) is 17.5 Å². The molecule has 1 N–H and O–H groups in total. The van der Waals surface area contributed by atoms with Crippen LogP contribution in [0.25, 0.3) is 0 Å². The zero-order valence-corrected chi connectivity index (χ0v) is 11.2. The lowest BCUT2D eigenvalue weighted by Crippen LogP contribution is -2.30. The van der Waals surface area contributed by atoms with Gasteiger partial charge in [0.2, 0.25) is 10.0 Å². The molecule has 1 aromatic carbocycles. The molecule has 0 unspecified atom stereocenters. The third-order valence-corrected chi connectivity index (χ3v) is 4.09. The van der Waals surface area contributed by atoms with Crippen LogP contribution in [0.5, 0.6) is 0 Å². The molecule has 6 heteroatoms. The van der Waals surface area contributed by atoms with E-state index in [9.17, 15) is 13.2 Å². The van der Waals surface area contributed by atoms with Crippen LogP contribution in [-0.4, -0.2) is 33.7 Å². The Hall–Kier alpha value is -1.56. The first-order valence-corrected chi connectivity index (χ1v) is 7.58. The molecule has 1 aliphatic carbocycles. The van der Waals surface area contributed by atoms with Crippen LogP contribution < -0.4 is 9.62 Å². The molecule has 0 aromatic heterocycles. The van der Waals surface area contributed by atoms with Crippen molar-refractivity contribution in [2.24, 2.45) is 0 Å². The number of hydrogen-bond acceptors (Lipinski definition) is 3. The summed E-state index contributed by atoms with van der Waals surface area (Å²) in [5.74, 6) is -0.219. The van der Waals surface area contributed by atoms with Crippen molar-refractivity contribution in [3.63, 3.8) is 0 Å². The average molecular weight is 268 g/mol. The van der Waals surface area contributed by atoms with E-state index in [2.05, 4.69) is 5.32 Å². The van der Waals surface area contributed by atoms with Crippen LogP contribution in [0.4, 0.5) is 5.69 Å². The number of sulfonamides is 1. The molecule has 98 valence electrons. The summed E-state index contributed by atoms with van der Waals surface area (Å²) in [6, 6.07) is 6.94. The predicted octanol–water partition coefficient (Wildman–Crippen LogP) is 0.975. The highest BCUT2D eigenvalue weighted by Crippen LogP contribution is 2.24. The summed E-state index contributed by atoms with van der Waals surface area (Å²) < 4.78 is 24.2. The Morgan fingerprint density at radius 1 is 1.33 bits per heavy atom. The van der Waals surface area contributed by atoms with Crippen molar-refractivity contribution >= 4 is 21.6 Å². The first kappa shape index (κ1) is 12.9. The summed E-state index contributed by atoms with van der Waals surface area (Å²) in [7, 11) is -1.93. The average Bonchev–Trinajstić information content (AvgIpc) is 3.10. The number of carbonyl (C=O) groups excluding carboxylic acids is 1. The Morgan fingerprint density at radius 2 is 1.94 bits per heavy atom. The number of hydrogen-bond donors (Lipinski definition) is 1. The minimum atomic E-state index is -3.37. The maximum atomic E-state index is 12.0. The molecule has 0 aliphatic heterocycles. The molecular formula is C12H16N2O3S. The van der Waals surface area contributed by atoms with Crippen molar-refractivity contribution in [1.82, 2.24) is 5.32 Å². The fourth-order valence-corrected chi connectivity index (χ4v) is 2.13. The summed E-state index contributed by atoms with van der Waals surface area (Å²) in [4.78, 5) is 12.0. The van der Waals surface area contributed by atoms with Crippen LogP contribution in [-0.2, 0) is 10.0 Å². The van der Waals surface area contributed by atoms with E-state index in [1.807, 2.05) is 0 Å². The molecule has 0 heterocycles. The van der Waals surface area contributed by atoms with E-state index in [-0.39, 0.29) is 11.9 Å². The second-order valence-electron chi connectivity index (χ2n) is 4.50. The number of rotatable bonds is 4. The molecule has 1 fully saturated rings. The second kappa shape index (κ2) is 4.61. The quantitative estimate of drug-likeness (QED) is 0.885. The highest BCUT2D eigenvalue weighted by molar-refractivity contribution is 7.92. The van der Waals surface area contributed by atoms with Crippen LogP contribution in [0.2, 0.25) is 0 Å². The first-order chi connectivity index (χ1) is 8.39. The Bertz CT molecular complexity index is 564. The maximum Gasteiger partial charge on any atom is 0.253 e. The van der Waals surface area contributed by atoms with E-state index in [1.165, 1.54) is 7.05 Å². The van der Waals surface area contributed by atoms with E-state index < -0.39 is 10.0 Å². The topological polar surface area (TPSA) is 66.5 Å². The van der Waals surface area contributed by atoms with Crippen LogP contribution in [0, 0.1) is 0 Å². The van der Waals surface area contributed by atoms with Gasteiger partial charge in [-0.15, -0.1) is 0 Å². The van der Waals surface area contributed by atoms with E-state index in [1.54, 1.807) is 24.3 Å². The highest BCUT2D eigenvalue weighted by Gasteiger charge is 2.26. The molecule has 0 atom stereocenters. The van der Waals surface area contributed by atoms with Crippen molar-refractivity contribution in [1.29, 1.82) is 0 Å². The number of amides is 1. The largest absolute Gasteiger partial charge is 0.349 e. The molecule has 0 radical (unpaired) electrons. The van der Waals surface area contributed by atoms with Crippen molar-refractivity contribution in [3.05, 3.63) is 29.8 Å². The molecule has 0 saturated heterocycles. The third-order valence-electron chi connectivity index (χ3n) is 2.90. The predicted molar refractivity (Wildman–Crippen MR) is 70.2 cm³/mol. The zero-order valence-electron chi connectivity index (χ0n) is 10.4. The monoisotopic (exact) mass is 268 g/mol. The Balaban J connectivity index is 2.32. The Labute approximate surface area is 107 Å². The van der Waals surface area contributed by atoms with Crippen LogP contribution in [0.3, 0.4) is 0 Å². The summed E-state index contributed by atoms with van der Waals surface area (Å²) in [5, 5.41) is 2.86. The highest BCUT2D eigenvalue weighted by atomic mass is 32.2. The number of nitrogens with one attached hydrogen (secondary N) is 1. The van der Waals surface area contributed by atoms with Gasteiger partial charge < -0.3 is 5.32 Å².